The number of nitriles is 1. The Kier molecular flexibility index (Phi) is 1.60. The average molecular weight is 161 g/mol. The van der Waals surface area contributed by atoms with Crippen LogP contribution in [-0.4, -0.2) is 6.61 Å². The van der Waals surface area contributed by atoms with Gasteiger partial charge in [0.2, 0.25) is 0 Å². The van der Waals surface area contributed by atoms with Crippen LogP contribution >= 0.6 is 0 Å². The van der Waals surface area contributed by atoms with Gasteiger partial charge in [0.15, 0.2) is 0 Å². The Morgan fingerprint density at radius 3 is 3.25 bits per heavy atom. The van der Waals surface area contributed by atoms with Crippen molar-refractivity contribution in [3.05, 3.63) is 35.5 Å². The third-order valence-electron chi connectivity index (χ3n) is 1.80. The normalized spacial score (nSPS) is 20.1. The van der Waals surface area contributed by atoms with E-state index in [1.54, 1.807) is 12.3 Å². The second kappa shape index (κ2) is 2.74. The van der Waals surface area contributed by atoms with Crippen molar-refractivity contribution >= 4 is 0 Å². The van der Waals surface area contributed by atoms with Crippen molar-refractivity contribution in [2.45, 2.75) is 6.42 Å². The molecule has 2 rings (SSSR count). The molecule has 0 radical (unpaired) electrons. The van der Waals surface area contributed by atoms with Crippen LogP contribution in [0.2, 0.25) is 0 Å². The summed E-state index contributed by atoms with van der Waals surface area (Å²) in [6, 6.07) is 2.06. The summed E-state index contributed by atoms with van der Waals surface area (Å²) in [5, 5.41) is 8.60. The first-order valence-corrected chi connectivity index (χ1v) is 3.66. The maximum atomic E-state index is 8.60. The van der Waals surface area contributed by atoms with Crippen molar-refractivity contribution in [2.75, 3.05) is 6.61 Å². The lowest BCUT2D eigenvalue weighted by Gasteiger charge is -2.18. The molecule has 60 valence electrons. The van der Waals surface area contributed by atoms with Gasteiger partial charge in [0.05, 0.1) is 17.9 Å². The van der Waals surface area contributed by atoms with E-state index in [-0.39, 0.29) is 0 Å². The molecule has 0 fully saturated rings. The van der Waals surface area contributed by atoms with Crippen LogP contribution < -0.4 is 0 Å². The molecule has 0 N–H and O–H groups in total. The van der Waals surface area contributed by atoms with Crippen LogP contribution in [0.1, 0.15) is 6.42 Å². The molecular formula is C9H7NO2. The van der Waals surface area contributed by atoms with Gasteiger partial charge in [0.1, 0.15) is 18.6 Å². The van der Waals surface area contributed by atoms with Crippen molar-refractivity contribution in [3.63, 3.8) is 0 Å². The van der Waals surface area contributed by atoms with Crippen molar-refractivity contribution in [1.82, 2.24) is 0 Å². The highest BCUT2D eigenvalue weighted by Gasteiger charge is 2.16. The van der Waals surface area contributed by atoms with E-state index >= 15 is 0 Å². The molecule has 0 saturated carbocycles. The van der Waals surface area contributed by atoms with Gasteiger partial charge in [-0.3, -0.25) is 0 Å². The Morgan fingerprint density at radius 1 is 1.50 bits per heavy atom. The number of ether oxygens (including phenoxy) is 2. The summed E-state index contributed by atoms with van der Waals surface area (Å²) in [5.74, 6) is 0.820. The lowest BCUT2D eigenvalue weighted by molar-refractivity contribution is 0.244. The fraction of sp³-hybridized carbons (Fsp3) is 0.222. The first-order valence-electron chi connectivity index (χ1n) is 3.66. The fourth-order valence-corrected chi connectivity index (χ4v) is 1.18. The van der Waals surface area contributed by atoms with E-state index in [4.69, 9.17) is 14.7 Å². The Morgan fingerprint density at radius 2 is 2.42 bits per heavy atom. The summed E-state index contributed by atoms with van der Waals surface area (Å²) < 4.78 is 10.3. The molecule has 0 aromatic carbocycles. The zero-order chi connectivity index (χ0) is 8.39. The fourth-order valence-electron chi connectivity index (χ4n) is 1.18. The molecule has 0 saturated heterocycles. The molecule has 2 aliphatic rings. The number of nitrogens with zero attached hydrogens (tertiary/aromatic N) is 1. The maximum Gasteiger partial charge on any atom is 0.132 e. The number of hydrogen-bond acceptors (Lipinski definition) is 3. The summed E-state index contributed by atoms with van der Waals surface area (Å²) in [6.07, 6.45) is 5.51. The van der Waals surface area contributed by atoms with Crippen molar-refractivity contribution < 1.29 is 9.47 Å². The van der Waals surface area contributed by atoms with Gasteiger partial charge in [0, 0.05) is 18.1 Å². The van der Waals surface area contributed by atoms with Crippen LogP contribution in [0.4, 0.5) is 0 Å². The highest BCUT2D eigenvalue weighted by atomic mass is 16.5. The molecule has 2 heterocycles. The molecule has 0 amide bonds. The predicted octanol–water partition coefficient (Wildman–Crippen LogP) is 1.61. The van der Waals surface area contributed by atoms with Crippen LogP contribution in [0.3, 0.4) is 0 Å². The Balaban J connectivity index is 2.22. The summed E-state index contributed by atoms with van der Waals surface area (Å²) >= 11 is 0. The summed E-state index contributed by atoms with van der Waals surface area (Å²) in [4.78, 5) is 0. The number of hydrogen-bond donors (Lipinski definition) is 0. The molecule has 0 bridgehead atoms. The summed E-state index contributed by atoms with van der Waals surface area (Å²) in [5.41, 5.74) is 1.68. The van der Waals surface area contributed by atoms with Gasteiger partial charge in [0.25, 0.3) is 0 Å². The molecule has 0 aromatic heterocycles. The molecule has 0 aliphatic carbocycles. The first-order chi connectivity index (χ1) is 5.90. The second-order valence-electron chi connectivity index (χ2n) is 2.63. The Labute approximate surface area is 70.2 Å². The van der Waals surface area contributed by atoms with Crippen LogP contribution in [0.25, 0.3) is 0 Å². The molecule has 0 unspecified atom stereocenters. The molecule has 12 heavy (non-hydrogen) atoms. The monoisotopic (exact) mass is 161 g/mol. The average Bonchev–Trinajstić information content (AvgIpc) is 2.17. The third-order valence-corrected chi connectivity index (χ3v) is 1.80. The first kappa shape index (κ1) is 6.99. The standard InChI is InChI=1S/C9H7NO2/c10-4-7-3-8-6-11-2-1-9(8)12-5-7/h1-2,5H,3,6H2. The van der Waals surface area contributed by atoms with Gasteiger partial charge in [-0.15, -0.1) is 0 Å². The van der Waals surface area contributed by atoms with E-state index in [2.05, 4.69) is 6.07 Å². The summed E-state index contributed by atoms with van der Waals surface area (Å²) in [7, 11) is 0. The van der Waals surface area contributed by atoms with Gasteiger partial charge in [-0.1, -0.05) is 0 Å². The minimum absolute atomic E-state index is 0.533. The molecule has 0 spiro atoms. The number of rotatable bonds is 0. The highest BCUT2D eigenvalue weighted by molar-refractivity contribution is 5.35. The summed E-state index contributed by atoms with van der Waals surface area (Å²) in [6.45, 7) is 0.533. The Bertz CT molecular complexity index is 331. The van der Waals surface area contributed by atoms with Gasteiger partial charge in [-0.05, 0) is 0 Å². The van der Waals surface area contributed by atoms with Crippen LogP contribution in [0.5, 0.6) is 0 Å². The van der Waals surface area contributed by atoms with Crippen LogP contribution in [0.15, 0.2) is 35.5 Å². The molecule has 3 heteroatoms. The van der Waals surface area contributed by atoms with Crippen LogP contribution in [0, 0.1) is 11.3 Å². The van der Waals surface area contributed by atoms with E-state index in [1.807, 2.05) is 0 Å². The molecule has 2 aliphatic heterocycles. The van der Waals surface area contributed by atoms with Crippen molar-refractivity contribution in [3.8, 4) is 6.07 Å². The number of allylic oxidation sites excluding steroid dienone is 2. The van der Waals surface area contributed by atoms with E-state index in [0.29, 0.717) is 18.6 Å². The topological polar surface area (TPSA) is 42.2 Å². The lowest BCUT2D eigenvalue weighted by atomic mass is 10.0. The van der Waals surface area contributed by atoms with Gasteiger partial charge in [-0.2, -0.15) is 5.26 Å². The largest absolute Gasteiger partial charge is 0.497 e. The zero-order valence-corrected chi connectivity index (χ0v) is 6.41. The van der Waals surface area contributed by atoms with Gasteiger partial charge in [-0.25, -0.2) is 0 Å². The smallest absolute Gasteiger partial charge is 0.132 e. The predicted molar refractivity (Wildman–Crippen MR) is 41.5 cm³/mol. The molecule has 3 nitrogen and oxygen atoms in total. The second-order valence-corrected chi connectivity index (χ2v) is 2.63. The third kappa shape index (κ3) is 1.08. The quantitative estimate of drug-likeness (QED) is 0.542. The van der Waals surface area contributed by atoms with E-state index < -0.39 is 0 Å². The lowest BCUT2D eigenvalue weighted by Crippen LogP contribution is -2.08. The van der Waals surface area contributed by atoms with Gasteiger partial charge >= 0.3 is 0 Å². The molecule has 0 atom stereocenters. The maximum absolute atomic E-state index is 8.60. The zero-order valence-electron chi connectivity index (χ0n) is 6.41. The molecule has 0 aromatic rings. The van der Waals surface area contributed by atoms with E-state index in [1.165, 1.54) is 6.26 Å². The van der Waals surface area contributed by atoms with Crippen LogP contribution in [-0.2, 0) is 9.47 Å². The minimum atomic E-state index is 0.533. The van der Waals surface area contributed by atoms with Crippen molar-refractivity contribution in [1.29, 1.82) is 5.26 Å². The Hall–Kier alpha value is -1.69. The highest BCUT2D eigenvalue weighted by Crippen LogP contribution is 2.25. The SMILES string of the molecule is N#CC1=COC2=C(COC=C2)C1. The van der Waals surface area contributed by atoms with Gasteiger partial charge < -0.3 is 9.47 Å². The van der Waals surface area contributed by atoms with E-state index in [0.717, 1.165) is 11.3 Å². The minimum Gasteiger partial charge on any atom is -0.497 e. The van der Waals surface area contributed by atoms with Crippen molar-refractivity contribution in [2.24, 2.45) is 0 Å². The van der Waals surface area contributed by atoms with E-state index in [9.17, 15) is 0 Å². The molecular weight excluding hydrogens is 154 g/mol.